The fourth-order valence-electron chi connectivity index (χ4n) is 0.963. The third-order valence-electron chi connectivity index (χ3n) is 1.59. The Bertz CT molecular complexity index is 264. The van der Waals surface area contributed by atoms with Crippen LogP contribution in [0.2, 0.25) is 0 Å². The highest BCUT2D eigenvalue weighted by molar-refractivity contribution is 6.77. The molecule has 0 aromatic heterocycles. The lowest BCUT2D eigenvalue weighted by molar-refractivity contribution is 0.220. The molecular formula is C9H10BO2. The van der Waals surface area contributed by atoms with E-state index in [0.29, 0.717) is 5.92 Å². The zero-order valence-corrected chi connectivity index (χ0v) is 6.90. The van der Waals surface area contributed by atoms with Gasteiger partial charge >= 0.3 is 0 Å². The predicted molar refractivity (Wildman–Crippen MR) is 49.3 cm³/mol. The highest BCUT2D eigenvalue weighted by Crippen LogP contribution is 2.08. The molecule has 0 aromatic rings. The Morgan fingerprint density at radius 3 is 3.00 bits per heavy atom. The molecule has 1 aliphatic carbocycles. The van der Waals surface area contributed by atoms with E-state index in [1.807, 2.05) is 31.2 Å². The molecule has 1 rings (SSSR count). The molecule has 0 amide bonds. The molecule has 12 heavy (non-hydrogen) atoms. The van der Waals surface area contributed by atoms with Gasteiger partial charge in [-0.25, -0.2) is 0 Å². The van der Waals surface area contributed by atoms with Gasteiger partial charge in [-0.1, -0.05) is 42.8 Å². The standard InChI is InChI=1S/C9H10BO2/c1-7-3-2-4-8(6-5-7)10-9(11)12/h2-7H,1H3,(H,11,12). The van der Waals surface area contributed by atoms with Crippen LogP contribution in [0.4, 0.5) is 4.79 Å². The molecule has 0 aromatic carbocycles. The second kappa shape index (κ2) is 3.95. The first-order valence-corrected chi connectivity index (χ1v) is 3.83. The molecule has 0 heterocycles. The summed E-state index contributed by atoms with van der Waals surface area (Å²) in [4.78, 5) is 10.3. The first-order chi connectivity index (χ1) is 5.68. The smallest absolute Gasteiger partial charge is 0.299 e. The van der Waals surface area contributed by atoms with Gasteiger partial charge in [0.2, 0.25) is 5.87 Å². The SMILES string of the molecule is CC1C=CC=C([B]C(=O)O)C=C1. The van der Waals surface area contributed by atoms with Crippen molar-refractivity contribution in [3.63, 3.8) is 0 Å². The van der Waals surface area contributed by atoms with E-state index in [2.05, 4.69) is 0 Å². The molecule has 1 aliphatic rings. The van der Waals surface area contributed by atoms with Gasteiger partial charge in [-0.15, -0.1) is 0 Å². The van der Waals surface area contributed by atoms with Gasteiger partial charge in [0.25, 0.3) is 7.28 Å². The zero-order valence-electron chi connectivity index (χ0n) is 6.90. The van der Waals surface area contributed by atoms with Gasteiger partial charge in [0.1, 0.15) is 0 Å². The summed E-state index contributed by atoms with van der Waals surface area (Å²) in [6, 6.07) is 0. The van der Waals surface area contributed by atoms with Crippen LogP contribution in [-0.4, -0.2) is 18.3 Å². The lowest BCUT2D eigenvalue weighted by Crippen LogP contribution is -2.06. The highest BCUT2D eigenvalue weighted by Gasteiger charge is 2.05. The van der Waals surface area contributed by atoms with Gasteiger partial charge in [0, 0.05) is 0 Å². The van der Waals surface area contributed by atoms with Crippen molar-refractivity contribution in [2.75, 3.05) is 0 Å². The Labute approximate surface area is 72.5 Å². The van der Waals surface area contributed by atoms with Gasteiger partial charge in [-0.05, 0) is 5.92 Å². The van der Waals surface area contributed by atoms with Crippen molar-refractivity contribution in [2.24, 2.45) is 5.92 Å². The third kappa shape index (κ3) is 2.78. The van der Waals surface area contributed by atoms with Gasteiger partial charge in [-0.2, -0.15) is 0 Å². The van der Waals surface area contributed by atoms with Crippen LogP contribution in [0.1, 0.15) is 6.92 Å². The highest BCUT2D eigenvalue weighted by atomic mass is 16.4. The molecule has 1 unspecified atom stereocenters. The monoisotopic (exact) mass is 161 g/mol. The Hall–Kier alpha value is -1.25. The summed E-state index contributed by atoms with van der Waals surface area (Å²) in [5.74, 6) is -0.533. The van der Waals surface area contributed by atoms with Crippen LogP contribution in [0.3, 0.4) is 0 Å². The summed E-state index contributed by atoms with van der Waals surface area (Å²) in [6.07, 6.45) is 9.46. The maximum absolute atomic E-state index is 10.3. The number of hydrogen-bond acceptors (Lipinski definition) is 1. The van der Waals surface area contributed by atoms with Crippen molar-refractivity contribution in [3.05, 3.63) is 35.9 Å². The van der Waals surface area contributed by atoms with E-state index < -0.39 is 5.87 Å². The van der Waals surface area contributed by atoms with Crippen molar-refractivity contribution < 1.29 is 9.90 Å². The van der Waals surface area contributed by atoms with E-state index in [1.165, 1.54) is 7.28 Å². The van der Waals surface area contributed by atoms with E-state index in [4.69, 9.17) is 5.11 Å². The molecule has 0 saturated carbocycles. The van der Waals surface area contributed by atoms with Crippen molar-refractivity contribution in [1.82, 2.24) is 0 Å². The number of hydrogen-bond donors (Lipinski definition) is 1. The van der Waals surface area contributed by atoms with Crippen LogP contribution >= 0.6 is 0 Å². The summed E-state index contributed by atoms with van der Waals surface area (Å²) in [5, 5.41) is 8.47. The Balaban J connectivity index is 2.67. The summed E-state index contributed by atoms with van der Waals surface area (Å²) < 4.78 is 0. The molecule has 0 aliphatic heterocycles. The fourth-order valence-corrected chi connectivity index (χ4v) is 0.963. The summed E-state index contributed by atoms with van der Waals surface area (Å²) >= 11 is 0. The van der Waals surface area contributed by atoms with Crippen molar-refractivity contribution in [1.29, 1.82) is 0 Å². The Morgan fingerprint density at radius 1 is 1.58 bits per heavy atom. The van der Waals surface area contributed by atoms with Crippen LogP contribution in [0, 0.1) is 5.92 Å². The number of carbonyl (C=O) groups is 1. The molecule has 1 atom stereocenters. The molecule has 1 radical (unpaired) electrons. The van der Waals surface area contributed by atoms with Crippen LogP contribution in [-0.2, 0) is 0 Å². The second-order valence-electron chi connectivity index (χ2n) is 2.75. The van der Waals surface area contributed by atoms with E-state index >= 15 is 0 Å². The lowest BCUT2D eigenvalue weighted by atomic mass is 9.69. The normalized spacial score (nSPS) is 21.4. The van der Waals surface area contributed by atoms with E-state index in [0.717, 1.165) is 5.47 Å². The second-order valence-corrected chi connectivity index (χ2v) is 2.75. The molecule has 61 valence electrons. The van der Waals surface area contributed by atoms with Crippen LogP contribution < -0.4 is 0 Å². The molecule has 0 fully saturated rings. The maximum Gasteiger partial charge on any atom is 0.299 e. The first-order valence-electron chi connectivity index (χ1n) is 3.83. The Morgan fingerprint density at radius 2 is 2.33 bits per heavy atom. The molecule has 0 saturated heterocycles. The molecule has 3 heteroatoms. The summed E-state index contributed by atoms with van der Waals surface area (Å²) in [6.45, 7) is 2.05. The van der Waals surface area contributed by atoms with Crippen molar-refractivity contribution in [2.45, 2.75) is 6.92 Å². The van der Waals surface area contributed by atoms with Crippen LogP contribution in [0.5, 0.6) is 0 Å². The van der Waals surface area contributed by atoms with E-state index in [1.54, 1.807) is 6.08 Å². The average Bonchev–Trinajstić information content (AvgIpc) is 2.15. The predicted octanol–water partition coefficient (Wildman–Crippen LogP) is 2.01. The number of rotatable bonds is 2. The van der Waals surface area contributed by atoms with E-state index in [9.17, 15) is 4.79 Å². The third-order valence-corrected chi connectivity index (χ3v) is 1.59. The Kier molecular flexibility index (Phi) is 2.91. The van der Waals surface area contributed by atoms with Gasteiger partial charge in [0.15, 0.2) is 0 Å². The first kappa shape index (κ1) is 8.85. The van der Waals surface area contributed by atoms with Crippen molar-refractivity contribution in [3.8, 4) is 0 Å². The molecule has 2 nitrogen and oxygen atoms in total. The summed E-state index contributed by atoms with van der Waals surface area (Å²) in [7, 11) is 1.19. The maximum atomic E-state index is 10.3. The molecule has 0 spiro atoms. The van der Waals surface area contributed by atoms with Gasteiger partial charge in [-0.3, -0.25) is 4.79 Å². The lowest BCUT2D eigenvalue weighted by Gasteiger charge is -1.93. The molecule has 0 bridgehead atoms. The van der Waals surface area contributed by atoms with E-state index in [-0.39, 0.29) is 0 Å². The van der Waals surface area contributed by atoms with Crippen LogP contribution in [0.15, 0.2) is 35.9 Å². The number of carboxylic acid groups (broad SMARTS) is 1. The quantitative estimate of drug-likeness (QED) is 0.629. The summed E-state index contributed by atoms with van der Waals surface area (Å²) in [5.41, 5.74) is 0.725. The largest absolute Gasteiger partial charge is 0.489 e. The van der Waals surface area contributed by atoms with Crippen molar-refractivity contribution >= 4 is 13.1 Å². The average molecular weight is 161 g/mol. The minimum atomic E-state index is -0.908. The topological polar surface area (TPSA) is 37.3 Å². The number of allylic oxidation sites excluding steroid dienone is 6. The minimum absolute atomic E-state index is 0.376. The molecule has 1 N–H and O–H groups in total. The van der Waals surface area contributed by atoms with Gasteiger partial charge < -0.3 is 5.11 Å². The van der Waals surface area contributed by atoms with Gasteiger partial charge in [0.05, 0.1) is 0 Å². The fraction of sp³-hybridized carbons (Fsp3) is 0.222. The minimum Gasteiger partial charge on any atom is -0.489 e. The molecular weight excluding hydrogens is 151 g/mol. The van der Waals surface area contributed by atoms with Crippen LogP contribution in [0.25, 0.3) is 0 Å². The zero-order chi connectivity index (χ0) is 8.97.